The van der Waals surface area contributed by atoms with E-state index in [1.165, 1.54) is 0 Å². The number of ether oxygens (including phenoxy) is 1. The number of nitrogens with zero attached hydrogens (tertiary/aromatic N) is 2. The summed E-state index contributed by atoms with van der Waals surface area (Å²) in [4.78, 5) is 0. The lowest BCUT2D eigenvalue weighted by molar-refractivity contribution is 0.301. The van der Waals surface area contributed by atoms with Crippen molar-refractivity contribution in [3.05, 3.63) is 38.3 Å². The molecule has 0 radical (unpaired) electrons. The van der Waals surface area contributed by atoms with Gasteiger partial charge in [0.1, 0.15) is 27.4 Å². The van der Waals surface area contributed by atoms with Gasteiger partial charge in [-0.05, 0) is 12.1 Å². The van der Waals surface area contributed by atoms with Gasteiger partial charge in [0.25, 0.3) is 0 Å². The van der Waals surface area contributed by atoms with E-state index in [0.717, 1.165) is 11.5 Å². The van der Waals surface area contributed by atoms with Crippen LogP contribution in [0, 0.1) is 0 Å². The molecule has 0 aliphatic rings. The Morgan fingerprint density at radius 3 is 2.75 bits per heavy atom. The average molecular weight is 296 g/mol. The maximum atomic E-state index is 5.95. The second-order valence-corrected chi connectivity index (χ2v) is 4.98. The van der Waals surface area contributed by atoms with Crippen LogP contribution >= 0.6 is 46.3 Å². The minimum atomic E-state index is 0.218. The predicted octanol–water partition coefficient (Wildman–Crippen LogP) is 4.08. The molecule has 16 heavy (non-hydrogen) atoms. The van der Waals surface area contributed by atoms with Gasteiger partial charge < -0.3 is 4.74 Å². The summed E-state index contributed by atoms with van der Waals surface area (Å²) in [5.74, 6) is 0.498. The predicted molar refractivity (Wildman–Crippen MR) is 65.7 cm³/mol. The van der Waals surface area contributed by atoms with E-state index in [1.807, 2.05) is 0 Å². The number of benzene rings is 1. The molecule has 7 heteroatoms. The number of hydrogen-bond acceptors (Lipinski definition) is 4. The van der Waals surface area contributed by atoms with Crippen LogP contribution in [0.3, 0.4) is 0 Å². The minimum Gasteiger partial charge on any atom is -0.486 e. The summed E-state index contributed by atoms with van der Waals surface area (Å²) < 4.78 is 9.65. The van der Waals surface area contributed by atoms with Gasteiger partial charge in [-0.3, -0.25) is 0 Å². The summed E-state index contributed by atoms with van der Waals surface area (Å²) in [6, 6.07) is 5.17. The van der Waals surface area contributed by atoms with E-state index in [4.69, 9.17) is 39.5 Å². The van der Waals surface area contributed by atoms with Gasteiger partial charge in [0.2, 0.25) is 0 Å². The van der Waals surface area contributed by atoms with Crippen LogP contribution in [-0.4, -0.2) is 9.59 Å². The van der Waals surface area contributed by atoms with Crippen LogP contribution in [0.5, 0.6) is 5.75 Å². The Hall–Kier alpha value is -0.550. The van der Waals surface area contributed by atoms with Gasteiger partial charge in [-0.15, -0.1) is 5.10 Å². The van der Waals surface area contributed by atoms with Crippen molar-refractivity contribution in [3.63, 3.8) is 0 Å². The fourth-order valence-corrected chi connectivity index (χ4v) is 1.97. The van der Waals surface area contributed by atoms with Crippen LogP contribution in [0.2, 0.25) is 14.4 Å². The topological polar surface area (TPSA) is 35.0 Å². The summed E-state index contributed by atoms with van der Waals surface area (Å²) in [7, 11) is 0. The van der Waals surface area contributed by atoms with Crippen LogP contribution in [0.4, 0.5) is 0 Å². The highest BCUT2D eigenvalue weighted by atomic mass is 35.5. The molecule has 0 spiro atoms. The fraction of sp³-hybridized carbons (Fsp3) is 0.111. The van der Waals surface area contributed by atoms with Crippen LogP contribution in [-0.2, 0) is 6.61 Å². The SMILES string of the molecule is Clc1cccc(OCc2nnsc2Cl)c1Cl. The maximum absolute atomic E-state index is 5.95. The van der Waals surface area contributed by atoms with Crippen molar-refractivity contribution in [1.29, 1.82) is 0 Å². The number of rotatable bonds is 3. The van der Waals surface area contributed by atoms with Gasteiger partial charge in [0.05, 0.1) is 5.02 Å². The first-order chi connectivity index (χ1) is 7.68. The Bertz CT molecular complexity index is 503. The van der Waals surface area contributed by atoms with Crippen molar-refractivity contribution >= 4 is 46.3 Å². The zero-order chi connectivity index (χ0) is 11.5. The largest absolute Gasteiger partial charge is 0.486 e. The Morgan fingerprint density at radius 1 is 1.25 bits per heavy atom. The van der Waals surface area contributed by atoms with Gasteiger partial charge in [-0.25, -0.2) is 0 Å². The lowest BCUT2D eigenvalue weighted by atomic mass is 10.3. The normalized spacial score (nSPS) is 10.4. The standard InChI is InChI=1S/C9H5Cl3N2OS/c10-5-2-1-3-7(8(5)11)15-4-6-9(12)16-14-13-6/h1-3H,4H2. The van der Waals surface area contributed by atoms with Crippen LogP contribution in [0.15, 0.2) is 18.2 Å². The van der Waals surface area contributed by atoms with Crippen LogP contribution < -0.4 is 4.74 Å². The van der Waals surface area contributed by atoms with Crippen molar-refractivity contribution in [1.82, 2.24) is 9.59 Å². The molecule has 0 aliphatic heterocycles. The lowest BCUT2D eigenvalue weighted by Gasteiger charge is -2.06. The van der Waals surface area contributed by atoms with Crippen molar-refractivity contribution in [2.75, 3.05) is 0 Å². The molecule has 1 aromatic heterocycles. The van der Waals surface area contributed by atoms with Crippen molar-refractivity contribution < 1.29 is 4.74 Å². The molecule has 2 aromatic rings. The monoisotopic (exact) mass is 294 g/mol. The van der Waals surface area contributed by atoms with Crippen LogP contribution in [0.25, 0.3) is 0 Å². The Kier molecular flexibility index (Phi) is 3.86. The van der Waals surface area contributed by atoms with E-state index in [2.05, 4.69) is 9.59 Å². The molecule has 0 N–H and O–H groups in total. The minimum absolute atomic E-state index is 0.218. The average Bonchev–Trinajstić information content (AvgIpc) is 2.67. The Balaban J connectivity index is 2.11. The maximum Gasteiger partial charge on any atom is 0.141 e. The molecule has 2 rings (SSSR count). The highest BCUT2D eigenvalue weighted by molar-refractivity contribution is 7.10. The number of aromatic nitrogens is 2. The van der Waals surface area contributed by atoms with E-state index in [0.29, 0.717) is 25.8 Å². The van der Waals surface area contributed by atoms with E-state index >= 15 is 0 Å². The second-order valence-electron chi connectivity index (χ2n) is 2.83. The summed E-state index contributed by atoms with van der Waals surface area (Å²) in [6.07, 6.45) is 0. The molecule has 0 fully saturated rings. The second kappa shape index (κ2) is 5.19. The molecular weight excluding hydrogens is 291 g/mol. The van der Waals surface area contributed by atoms with Gasteiger partial charge in [0.15, 0.2) is 0 Å². The Labute approximate surface area is 111 Å². The zero-order valence-electron chi connectivity index (χ0n) is 7.78. The first kappa shape index (κ1) is 11.9. The summed E-state index contributed by atoms with van der Waals surface area (Å²) in [5, 5.41) is 4.64. The Morgan fingerprint density at radius 2 is 2.06 bits per heavy atom. The van der Waals surface area contributed by atoms with Crippen molar-refractivity contribution in [2.24, 2.45) is 0 Å². The van der Waals surface area contributed by atoms with Gasteiger partial charge in [-0.1, -0.05) is 45.4 Å². The molecule has 0 unspecified atom stereocenters. The first-order valence-electron chi connectivity index (χ1n) is 4.22. The molecular formula is C9H5Cl3N2OS. The molecule has 0 saturated heterocycles. The third kappa shape index (κ3) is 2.58. The molecule has 1 aromatic carbocycles. The van der Waals surface area contributed by atoms with Crippen molar-refractivity contribution in [3.8, 4) is 5.75 Å². The highest BCUT2D eigenvalue weighted by Gasteiger charge is 2.09. The molecule has 0 bridgehead atoms. The third-order valence-electron chi connectivity index (χ3n) is 1.79. The lowest BCUT2D eigenvalue weighted by Crippen LogP contribution is -1.97. The molecule has 0 aliphatic carbocycles. The number of halogens is 3. The van der Waals surface area contributed by atoms with Gasteiger partial charge in [-0.2, -0.15) is 0 Å². The molecule has 0 atom stereocenters. The van der Waals surface area contributed by atoms with E-state index in [1.54, 1.807) is 18.2 Å². The smallest absolute Gasteiger partial charge is 0.141 e. The molecule has 1 heterocycles. The van der Waals surface area contributed by atoms with E-state index in [-0.39, 0.29) is 6.61 Å². The summed E-state index contributed by atoms with van der Waals surface area (Å²) in [5.41, 5.74) is 0.586. The summed E-state index contributed by atoms with van der Waals surface area (Å²) >= 11 is 18.7. The van der Waals surface area contributed by atoms with Crippen molar-refractivity contribution in [2.45, 2.75) is 6.61 Å². The zero-order valence-corrected chi connectivity index (χ0v) is 10.9. The van der Waals surface area contributed by atoms with Gasteiger partial charge >= 0.3 is 0 Å². The van der Waals surface area contributed by atoms with Crippen LogP contribution in [0.1, 0.15) is 5.69 Å². The number of hydrogen-bond donors (Lipinski definition) is 0. The molecule has 3 nitrogen and oxygen atoms in total. The summed E-state index contributed by atoms with van der Waals surface area (Å²) in [6.45, 7) is 0.218. The first-order valence-corrected chi connectivity index (χ1v) is 6.12. The highest BCUT2D eigenvalue weighted by Crippen LogP contribution is 2.32. The fourth-order valence-electron chi connectivity index (χ4n) is 1.02. The molecule has 0 amide bonds. The van der Waals surface area contributed by atoms with Gasteiger partial charge in [0, 0.05) is 11.5 Å². The van der Waals surface area contributed by atoms with E-state index in [9.17, 15) is 0 Å². The van der Waals surface area contributed by atoms with E-state index < -0.39 is 0 Å². The third-order valence-corrected chi connectivity index (χ3v) is 3.58. The molecule has 0 saturated carbocycles. The molecule has 84 valence electrons. The quantitative estimate of drug-likeness (QED) is 0.856.